The van der Waals surface area contributed by atoms with Gasteiger partial charge in [-0.05, 0) is 38.0 Å². The molecule has 0 spiro atoms. The summed E-state index contributed by atoms with van der Waals surface area (Å²) in [7, 11) is 1.66. The molecule has 2 N–H and O–H groups in total. The molecule has 0 radical (unpaired) electrons. The summed E-state index contributed by atoms with van der Waals surface area (Å²) in [5, 5.41) is 5.88. The van der Waals surface area contributed by atoms with Gasteiger partial charge in [-0.2, -0.15) is 0 Å². The molecule has 1 aliphatic heterocycles. The second-order valence-corrected chi connectivity index (χ2v) is 7.80. The predicted octanol–water partition coefficient (Wildman–Crippen LogP) is 1.55. The Kier molecular flexibility index (Phi) is 5.50. The van der Waals surface area contributed by atoms with E-state index >= 15 is 0 Å². The van der Waals surface area contributed by atoms with Crippen LogP contribution in [0.3, 0.4) is 0 Å². The maximum atomic E-state index is 12.6. The van der Waals surface area contributed by atoms with Gasteiger partial charge in [-0.25, -0.2) is 0 Å². The van der Waals surface area contributed by atoms with Crippen LogP contribution in [0.5, 0.6) is 0 Å². The highest BCUT2D eigenvalue weighted by Gasteiger charge is 2.60. The van der Waals surface area contributed by atoms with Gasteiger partial charge in [0.2, 0.25) is 11.8 Å². The Bertz CT molecular complexity index is 486. The summed E-state index contributed by atoms with van der Waals surface area (Å²) < 4.78 is 0. The van der Waals surface area contributed by atoms with Gasteiger partial charge in [0.1, 0.15) is 0 Å². The van der Waals surface area contributed by atoms with Gasteiger partial charge in [-0.3, -0.25) is 14.5 Å². The van der Waals surface area contributed by atoms with Crippen molar-refractivity contribution in [2.75, 3.05) is 26.7 Å². The van der Waals surface area contributed by atoms with E-state index in [9.17, 15) is 9.59 Å². The zero-order valence-corrected chi connectivity index (χ0v) is 15.1. The number of likely N-dealkylation sites (N-methyl/N-ethyl adjacent to an activating group) is 1. The smallest absolute Gasteiger partial charge is 0.233 e. The molecule has 2 aliphatic rings. The highest BCUT2D eigenvalue weighted by Crippen LogP contribution is 2.59. The number of likely N-dealkylation sites (tertiary alicyclic amines) is 1. The average Bonchev–Trinajstić information content (AvgIpc) is 3.01. The summed E-state index contributed by atoms with van der Waals surface area (Å²) in [4.78, 5) is 26.1. The van der Waals surface area contributed by atoms with Crippen LogP contribution in [0, 0.1) is 17.3 Å². The molecule has 2 unspecified atom stereocenters. The Labute approximate surface area is 139 Å². The first-order chi connectivity index (χ1) is 10.8. The van der Waals surface area contributed by atoms with Crippen molar-refractivity contribution in [1.29, 1.82) is 0 Å². The Morgan fingerprint density at radius 1 is 1.22 bits per heavy atom. The Morgan fingerprint density at radius 2 is 1.83 bits per heavy atom. The van der Waals surface area contributed by atoms with Crippen LogP contribution >= 0.6 is 0 Å². The summed E-state index contributed by atoms with van der Waals surface area (Å²) in [5.74, 6) is 0.709. The van der Waals surface area contributed by atoms with E-state index in [1.807, 2.05) is 0 Å². The first kappa shape index (κ1) is 18.0. The summed E-state index contributed by atoms with van der Waals surface area (Å²) >= 11 is 0. The van der Waals surface area contributed by atoms with Gasteiger partial charge < -0.3 is 10.6 Å². The predicted molar refractivity (Wildman–Crippen MR) is 91.9 cm³/mol. The van der Waals surface area contributed by atoms with E-state index in [4.69, 9.17) is 0 Å². The van der Waals surface area contributed by atoms with Crippen LogP contribution < -0.4 is 10.6 Å². The van der Waals surface area contributed by atoms with Crippen molar-refractivity contribution in [2.45, 2.75) is 46.6 Å². The molecule has 2 amide bonds. The number of hydrogen-bond donors (Lipinski definition) is 2. The highest BCUT2D eigenvalue weighted by molar-refractivity contribution is 5.84. The van der Waals surface area contributed by atoms with Crippen LogP contribution in [0.2, 0.25) is 0 Å². The number of piperidine rings is 1. The second kappa shape index (κ2) is 7.04. The number of carbonyl (C=O) groups is 2. The molecule has 1 aliphatic carbocycles. The van der Waals surface area contributed by atoms with Crippen LogP contribution in [0.1, 0.15) is 40.5 Å². The lowest BCUT2D eigenvalue weighted by atomic mass is 10.0. The van der Waals surface area contributed by atoms with Crippen LogP contribution in [-0.4, -0.2) is 49.4 Å². The maximum Gasteiger partial charge on any atom is 0.233 e. The second-order valence-electron chi connectivity index (χ2n) is 7.80. The van der Waals surface area contributed by atoms with Gasteiger partial charge in [-0.1, -0.05) is 25.5 Å². The lowest BCUT2D eigenvalue weighted by molar-refractivity contribution is -0.125. The van der Waals surface area contributed by atoms with Crippen molar-refractivity contribution in [2.24, 2.45) is 17.3 Å². The van der Waals surface area contributed by atoms with E-state index in [1.54, 1.807) is 7.05 Å². The fourth-order valence-electron chi connectivity index (χ4n) is 3.66. The van der Waals surface area contributed by atoms with E-state index in [0.717, 1.165) is 25.9 Å². The van der Waals surface area contributed by atoms with Gasteiger partial charge >= 0.3 is 0 Å². The third kappa shape index (κ3) is 4.34. The number of amides is 2. The molecule has 0 aromatic heterocycles. The van der Waals surface area contributed by atoms with Crippen LogP contribution in [0.25, 0.3) is 0 Å². The van der Waals surface area contributed by atoms with Crippen molar-refractivity contribution in [3.8, 4) is 0 Å². The quantitative estimate of drug-likeness (QED) is 0.755. The van der Waals surface area contributed by atoms with E-state index in [-0.39, 0.29) is 29.2 Å². The zero-order chi connectivity index (χ0) is 17.2. The third-order valence-corrected chi connectivity index (χ3v) is 5.29. The van der Waals surface area contributed by atoms with Crippen molar-refractivity contribution in [1.82, 2.24) is 15.5 Å². The molecule has 0 aromatic carbocycles. The summed E-state index contributed by atoms with van der Waals surface area (Å²) in [6, 6.07) is 0.243. The third-order valence-electron chi connectivity index (χ3n) is 5.29. The molecule has 5 nitrogen and oxygen atoms in total. The minimum Gasteiger partial charge on any atom is -0.358 e. The van der Waals surface area contributed by atoms with E-state index in [2.05, 4.69) is 49.3 Å². The molecule has 0 bridgehead atoms. The van der Waals surface area contributed by atoms with Crippen molar-refractivity contribution in [3.05, 3.63) is 11.6 Å². The summed E-state index contributed by atoms with van der Waals surface area (Å²) in [5.41, 5.74) is 1.35. The number of rotatable bonds is 5. The molecule has 2 atom stereocenters. The van der Waals surface area contributed by atoms with Gasteiger partial charge in [0, 0.05) is 26.2 Å². The fourth-order valence-corrected chi connectivity index (χ4v) is 3.66. The Hall–Kier alpha value is -1.36. The van der Waals surface area contributed by atoms with Crippen molar-refractivity contribution in [3.63, 3.8) is 0 Å². The maximum absolute atomic E-state index is 12.6. The van der Waals surface area contributed by atoms with Gasteiger partial charge in [-0.15, -0.1) is 0 Å². The number of carbonyl (C=O) groups excluding carboxylic acids is 2. The molecule has 5 heteroatoms. The molecule has 0 aromatic rings. The monoisotopic (exact) mass is 321 g/mol. The number of nitrogens with zero attached hydrogens (tertiary/aromatic N) is 1. The minimum atomic E-state index is 0.0526. The number of allylic oxidation sites excluding steroid dienone is 2. The van der Waals surface area contributed by atoms with E-state index < -0.39 is 0 Å². The molecule has 130 valence electrons. The molecule has 2 rings (SSSR count). The lowest BCUT2D eigenvalue weighted by Gasteiger charge is -2.31. The molecular formula is C18H31N3O2. The van der Waals surface area contributed by atoms with Crippen molar-refractivity contribution < 1.29 is 9.59 Å². The standard InChI is InChI=1S/C18H31N3O2/c1-12(2)10-14-16(18(14,3)4)17(23)20-13-6-8-21(9-7-13)11-15(22)19-5/h10,13-14,16H,6-9,11H2,1-5H3,(H,19,22)(H,20,23). The van der Waals surface area contributed by atoms with Crippen molar-refractivity contribution >= 4 is 11.8 Å². The Morgan fingerprint density at radius 3 is 2.35 bits per heavy atom. The molecule has 1 heterocycles. The lowest BCUT2D eigenvalue weighted by Crippen LogP contribution is -2.47. The first-order valence-electron chi connectivity index (χ1n) is 8.64. The normalized spacial score (nSPS) is 27.2. The highest BCUT2D eigenvalue weighted by atomic mass is 16.2. The minimum absolute atomic E-state index is 0.0526. The van der Waals surface area contributed by atoms with Crippen LogP contribution in [0.15, 0.2) is 11.6 Å². The van der Waals surface area contributed by atoms with E-state index in [1.165, 1.54) is 5.57 Å². The van der Waals surface area contributed by atoms with Crippen LogP contribution in [0.4, 0.5) is 0 Å². The largest absolute Gasteiger partial charge is 0.358 e. The number of hydrogen-bond acceptors (Lipinski definition) is 3. The molecular weight excluding hydrogens is 290 g/mol. The van der Waals surface area contributed by atoms with E-state index in [0.29, 0.717) is 12.5 Å². The van der Waals surface area contributed by atoms with Gasteiger partial charge in [0.15, 0.2) is 0 Å². The topological polar surface area (TPSA) is 61.4 Å². The molecule has 2 fully saturated rings. The Balaban J connectivity index is 1.80. The van der Waals surface area contributed by atoms with Gasteiger partial charge in [0.25, 0.3) is 0 Å². The molecule has 1 saturated heterocycles. The zero-order valence-electron chi connectivity index (χ0n) is 15.1. The summed E-state index contributed by atoms with van der Waals surface area (Å²) in [6.07, 6.45) is 4.07. The number of nitrogens with one attached hydrogen (secondary N) is 2. The molecule has 23 heavy (non-hydrogen) atoms. The van der Waals surface area contributed by atoms with Gasteiger partial charge in [0.05, 0.1) is 12.5 Å². The molecule has 1 saturated carbocycles. The van der Waals surface area contributed by atoms with Crippen LogP contribution in [-0.2, 0) is 9.59 Å². The SMILES string of the molecule is CNC(=O)CN1CCC(NC(=O)C2C(C=C(C)C)C2(C)C)CC1. The average molecular weight is 321 g/mol. The summed E-state index contributed by atoms with van der Waals surface area (Å²) in [6.45, 7) is 10.7. The first-order valence-corrected chi connectivity index (χ1v) is 8.64. The fraction of sp³-hybridized carbons (Fsp3) is 0.778.